The highest BCUT2D eigenvalue weighted by Gasteiger charge is 2.31. The number of rotatable bonds is 5. The average Bonchev–Trinajstić information content (AvgIpc) is 2.35. The van der Waals surface area contributed by atoms with Crippen LogP contribution in [-0.2, 0) is 17.4 Å². The molecule has 1 aliphatic carbocycles. The molecule has 0 radical (unpaired) electrons. The number of nitrogens with zero attached hydrogens (tertiary/aromatic N) is 1. The zero-order valence-electron chi connectivity index (χ0n) is 11.6. The highest BCUT2D eigenvalue weighted by atomic mass is 19.4. The topological polar surface area (TPSA) is 40.5 Å². The second kappa shape index (κ2) is 6.47. The third kappa shape index (κ3) is 3.97. The number of hydrogen-bond donors (Lipinski definition) is 1. The van der Waals surface area contributed by atoms with Crippen LogP contribution in [-0.4, -0.2) is 35.1 Å². The second-order valence-electron chi connectivity index (χ2n) is 5.27. The smallest absolute Gasteiger partial charge is 0.395 e. The summed E-state index contributed by atoms with van der Waals surface area (Å²) in [4.78, 5) is 13.9. The number of benzene rings is 1. The quantitative estimate of drug-likeness (QED) is 0.908. The van der Waals surface area contributed by atoms with Gasteiger partial charge >= 0.3 is 6.18 Å². The fourth-order valence-electron chi connectivity index (χ4n) is 2.40. The minimum Gasteiger partial charge on any atom is -0.395 e. The van der Waals surface area contributed by atoms with E-state index in [1.54, 1.807) is 4.90 Å². The molecule has 21 heavy (non-hydrogen) atoms. The van der Waals surface area contributed by atoms with Crippen molar-refractivity contribution in [3.63, 3.8) is 0 Å². The van der Waals surface area contributed by atoms with Gasteiger partial charge in [-0.3, -0.25) is 4.79 Å². The molecule has 0 atom stereocenters. The Labute approximate surface area is 121 Å². The van der Waals surface area contributed by atoms with E-state index in [1.807, 2.05) is 0 Å². The Hall–Kier alpha value is -1.56. The molecule has 116 valence electrons. The molecular weight excluding hydrogens is 283 g/mol. The summed E-state index contributed by atoms with van der Waals surface area (Å²) < 4.78 is 37.4. The van der Waals surface area contributed by atoms with Crippen LogP contribution in [0.25, 0.3) is 0 Å². The number of carbonyl (C=O) groups is 1. The van der Waals surface area contributed by atoms with Gasteiger partial charge in [0.2, 0.25) is 5.91 Å². The van der Waals surface area contributed by atoms with Crippen molar-refractivity contribution >= 4 is 5.91 Å². The standard InChI is InChI=1S/C15H18F3NO2/c16-15(17,18)12-6-4-11(5-7-12)10-14(21)19(8-9-20)13-2-1-3-13/h4-7,13,20H,1-3,8-10H2. The van der Waals surface area contributed by atoms with Crippen LogP contribution in [0.4, 0.5) is 13.2 Å². The van der Waals surface area contributed by atoms with Gasteiger partial charge < -0.3 is 10.0 Å². The Kier molecular flexibility index (Phi) is 4.88. The first-order valence-electron chi connectivity index (χ1n) is 6.98. The van der Waals surface area contributed by atoms with Gasteiger partial charge in [0.15, 0.2) is 0 Å². The Balaban J connectivity index is 2.00. The summed E-state index contributed by atoms with van der Waals surface area (Å²) in [5, 5.41) is 9.03. The molecule has 0 saturated heterocycles. The van der Waals surface area contributed by atoms with Crippen LogP contribution in [0.15, 0.2) is 24.3 Å². The summed E-state index contributed by atoms with van der Waals surface area (Å²) in [7, 11) is 0. The third-order valence-corrected chi connectivity index (χ3v) is 3.81. The van der Waals surface area contributed by atoms with Gasteiger partial charge in [0, 0.05) is 12.6 Å². The average molecular weight is 301 g/mol. The maximum absolute atomic E-state index is 12.5. The summed E-state index contributed by atoms with van der Waals surface area (Å²) in [5.41, 5.74) is -0.167. The monoisotopic (exact) mass is 301 g/mol. The van der Waals surface area contributed by atoms with Crippen molar-refractivity contribution in [2.45, 2.75) is 37.9 Å². The van der Waals surface area contributed by atoms with E-state index < -0.39 is 11.7 Å². The van der Waals surface area contributed by atoms with Crippen LogP contribution in [0.1, 0.15) is 30.4 Å². The summed E-state index contributed by atoms with van der Waals surface area (Å²) >= 11 is 0. The summed E-state index contributed by atoms with van der Waals surface area (Å²) in [6.07, 6.45) is -1.37. The van der Waals surface area contributed by atoms with Crippen LogP contribution in [0.2, 0.25) is 0 Å². The van der Waals surface area contributed by atoms with Crippen molar-refractivity contribution in [2.24, 2.45) is 0 Å². The van der Waals surface area contributed by atoms with Gasteiger partial charge in [-0.05, 0) is 37.0 Å². The SMILES string of the molecule is O=C(Cc1ccc(C(F)(F)F)cc1)N(CCO)C1CCC1. The molecule has 1 aliphatic rings. The van der Waals surface area contributed by atoms with Crippen LogP contribution >= 0.6 is 0 Å². The summed E-state index contributed by atoms with van der Waals surface area (Å²) in [5.74, 6) is -0.145. The van der Waals surface area contributed by atoms with Gasteiger partial charge in [-0.2, -0.15) is 13.2 Å². The zero-order valence-corrected chi connectivity index (χ0v) is 11.6. The zero-order chi connectivity index (χ0) is 15.5. The molecule has 1 N–H and O–H groups in total. The molecule has 2 rings (SSSR count). The molecule has 0 unspecified atom stereocenters. The molecule has 3 nitrogen and oxygen atoms in total. The number of aliphatic hydroxyl groups is 1. The largest absolute Gasteiger partial charge is 0.416 e. The first kappa shape index (κ1) is 15.8. The molecule has 1 saturated carbocycles. The molecule has 0 bridgehead atoms. The Bertz CT molecular complexity index is 481. The predicted molar refractivity (Wildman–Crippen MR) is 71.6 cm³/mol. The van der Waals surface area contributed by atoms with E-state index in [0.717, 1.165) is 31.4 Å². The lowest BCUT2D eigenvalue weighted by molar-refractivity contribution is -0.137. The molecule has 0 aromatic heterocycles. The lowest BCUT2D eigenvalue weighted by Crippen LogP contribution is -2.46. The maximum Gasteiger partial charge on any atom is 0.416 e. The van der Waals surface area contributed by atoms with Crippen LogP contribution in [0.3, 0.4) is 0 Å². The van der Waals surface area contributed by atoms with Gasteiger partial charge in [-0.15, -0.1) is 0 Å². The van der Waals surface area contributed by atoms with Crippen LogP contribution in [0, 0.1) is 0 Å². The van der Waals surface area contributed by atoms with Gasteiger partial charge in [-0.25, -0.2) is 0 Å². The van der Waals surface area contributed by atoms with E-state index in [4.69, 9.17) is 5.11 Å². The van der Waals surface area contributed by atoms with Gasteiger partial charge in [0.25, 0.3) is 0 Å². The second-order valence-corrected chi connectivity index (χ2v) is 5.27. The van der Waals surface area contributed by atoms with Crippen LogP contribution in [0.5, 0.6) is 0 Å². The first-order valence-corrected chi connectivity index (χ1v) is 6.98. The molecule has 1 fully saturated rings. The van der Waals surface area contributed by atoms with Gasteiger partial charge in [0.1, 0.15) is 0 Å². The number of hydrogen-bond acceptors (Lipinski definition) is 2. The molecule has 0 spiro atoms. The number of aliphatic hydroxyl groups excluding tert-OH is 1. The highest BCUT2D eigenvalue weighted by Crippen LogP contribution is 2.29. The molecule has 0 aliphatic heterocycles. The van der Waals surface area contributed by atoms with Crippen molar-refractivity contribution in [1.29, 1.82) is 0 Å². The van der Waals surface area contributed by atoms with Crippen molar-refractivity contribution in [3.8, 4) is 0 Å². The van der Waals surface area contributed by atoms with Crippen molar-refractivity contribution in [1.82, 2.24) is 4.90 Å². The molecule has 6 heteroatoms. The number of amides is 1. The predicted octanol–water partition coefficient (Wildman–Crippen LogP) is 2.62. The van der Waals surface area contributed by atoms with E-state index in [2.05, 4.69) is 0 Å². The summed E-state index contributed by atoms with van der Waals surface area (Å²) in [6.45, 7) is 0.180. The van der Waals surface area contributed by atoms with Crippen molar-refractivity contribution in [3.05, 3.63) is 35.4 Å². The molecule has 0 heterocycles. The fraction of sp³-hybridized carbons (Fsp3) is 0.533. The van der Waals surface area contributed by atoms with E-state index in [-0.39, 0.29) is 31.5 Å². The molecular formula is C15H18F3NO2. The van der Waals surface area contributed by atoms with Crippen molar-refractivity contribution < 1.29 is 23.1 Å². The minimum atomic E-state index is -4.36. The third-order valence-electron chi connectivity index (χ3n) is 3.81. The molecule has 1 aromatic carbocycles. The number of alkyl halides is 3. The minimum absolute atomic E-state index is 0.0641. The Morgan fingerprint density at radius 3 is 2.29 bits per heavy atom. The lowest BCUT2D eigenvalue weighted by atomic mass is 9.91. The van der Waals surface area contributed by atoms with Crippen molar-refractivity contribution in [2.75, 3.05) is 13.2 Å². The molecule has 1 aromatic rings. The normalized spacial score (nSPS) is 15.6. The Morgan fingerprint density at radius 2 is 1.86 bits per heavy atom. The van der Waals surface area contributed by atoms with Crippen LogP contribution < -0.4 is 0 Å². The van der Waals surface area contributed by atoms with E-state index in [9.17, 15) is 18.0 Å². The van der Waals surface area contributed by atoms with E-state index in [0.29, 0.717) is 5.56 Å². The van der Waals surface area contributed by atoms with E-state index >= 15 is 0 Å². The highest BCUT2D eigenvalue weighted by molar-refractivity contribution is 5.79. The maximum atomic E-state index is 12.5. The Morgan fingerprint density at radius 1 is 1.24 bits per heavy atom. The number of halogens is 3. The fourth-order valence-corrected chi connectivity index (χ4v) is 2.40. The van der Waals surface area contributed by atoms with Gasteiger partial charge in [-0.1, -0.05) is 12.1 Å². The van der Waals surface area contributed by atoms with E-state index in [1.165, 1.54) is 12.1 Å². The molecule has 1 amide bonds. The first-order chi connectivity index (χ1) is 9.91. The number of carbonyl (C=O) groups excluding carboxylic acids is 1. The van der Waals surface area contributed by atoms with Gasteiger partial charge in [0.05, 0.1) is 18.6 Å². The summed E-state index contributed by atoms with van der Waals surface area (Å²) in [6, 6.07) is 4.81. The lowest BCUT2D eigenvalue weighted by Gasteiger charge is -2.37.